The Labute approximate surface area is 194 Å². The normalized spacial score (nSPS) is 15.2. The van der Waals surface area contributed by atoms with Gasteiger partial charge in [0.2, 0.25) is 0 Å². The standard InChI is InChI=1S/C24H27BrF2N2O3/c25-17-8-6-15(7-9-17)10-11-28-21-14-19(26)18(13-20(21)27)23(30)29-22(24(31)32)12-16-4-2-1-3-5-16/h6-9,13-14,16,22,28H,1-5,10-12H2,(H,29,30)(H,31,32). The number of benzene rings is 2. The first kappa shape index (κ1) is 24.2. The summed E-state index contributed by atoms with van der Waals surface area (Å²) in [4.78, 5) is 24.1. The van der Waals surface area contributed by atoms with Crippen molar-refractivity contribution in [2.45, 2.75) is 51.0 Å². The highest BCUT2D eigenvalue weighted by Gasteiger charge is 2.27. The summed E-state index contributed by atoms with van der Waals surface area (Å²) in [6.45, 7) is 0.381. The smallest absolute Gasteiger partial charge is 0.326 e. The van der Waals surface area contributed by atoms with Crippen molar-refractivity contribution in [3.8, 4) is 0 Å². The van der Waals surface area contributed by atoms with E-state index in [1.165, 1.54) is 0 Å². The second kappa shape index (κ2) is 11.4. The van der Waals surface area contributed by atoms with Crippen LogP contribution < -0.4 is 10.6 Å². The lowest BCUT2D eigenvalue weighted by Crippen LogP contribution is -2.42. The number of rotatable bonds is 9. The van der Waals surface area contributed by atoms with Gasteiger partial charge in [-0.2, -0.15) is 0 Å². The zero-order valence-electron chi connectivity index (χ0n) is 17.7. The zero-order valence-corrected chi connectivity index (χ0v) is 19.3. The lowest BCUT2D eigenvalue weighted by molar-refractivity contribution is -0.139. The Morgan fingerprint density at radius 3 is 2.41 bits per heavy atom. The maximum atomic E-state index is 14.6. The van der Waals surface area contributed by atoms with Gasteiger partial charge in [-0.3, -0.25) is 4.79 Å². The second-order valence-electron chi connectivity index (χ2n) is 8.22. The summed E-state index contributed by atoms with van der Waals surface area (Å²) in [5, 5.41) is 14.7. The molecule has 3 rings (SSSR count). The third kappa shape index (κ3) is 6.76. The van der Waals surface area contributed by atoms with Gasteiger partial charge in [0, 0.05) is 17.1 Å². The molecule has 1 amide bonds. The van der Waals surface area contributed by atoms with Crippen LogP contribution in [0.5, 0.6) is 0 Å². The van der Waals surface area contributed by atoms with Gasteiger partial charge in [0.15, 0.2) is 0 Å². The van der Waals surface area contributed by atoms with Crippen LogP contribution in [0.15, 0.2) is 40.9 Å². The highest BCUT2D eigenvalue weighted by atomic mass is 79.9. The summed E-state index contributed by atoms with van der Waals surface area (Å²) >= 11 is 3.36. The van der Waals surface area contributed by atoms with Crippen LogP contribution >= 0.6 is 15.9 Å². The number of hydrogen-bond donors (Lipinski definition) is 3. The molecule has 2 aromatic carbocycles. The molecule has 1 unspecified atom stereocenters. The highest BCUT2D eigenvalue weighted by molar-refractivity contribution is 9.10. The fourth-order valence-electron chi connectivity index (χ4n) is 4.06. The quantitative estimate of drug-likeness (QED) is 0.415. The zero-order chi connectivity index (χ0) is 23.1. The molecule has 1 atom stereocenters. The first-order chi connectivity index (χ1) is 15.3. The number of carbonyl (C=O) groups is 2. The summed E-state index contributed by atoms with van der Waals surface area (Å²) in [6, 6.07) is 8.29. The summed E-state index contributed by atoms with van der Waals surface area (Å²) in [5.74, 6) is -3.56. The number of nitrogens with one attached hydrogen (secondary N) is 2. The van der Waals surface area contributed by atoms with E-state index in [2.05, 4.69) is 26.6 Å². The van der Waals surface area contributed by atoms with Gasteiger partial charge < -0.3 is 15.7 Å². The van der Waals surface area contributed by atoms with E-state index in [-0.39, 0.29) is 11.6 Å². The molecule has 0 aliphatic heterocycles. The van der Waals surface area contributed by atoms with Gasteiger partial charge in [-0.15, -0.1) is 0 Å². The molecule has 0 aromatic heterocycles. The molecule has 0 heterocycles. The first-order valence-corrected chi connectivity index (χ1v) is 11.6. The van der Waals surface area contributed by atoms with E-state index >= 15 is 0 Å². The molecule has 1 aliphatic rings. The van der Waals surface area contributed by atoms with Crippen LogP contribution in [-0.2, 0) is 11.2 Å². The Hall–Kier alpha value is -2.48. The number of aliphatic carboxylic acids is 1. The highest BCUT2D eigenvalue weighted by Crippen LogP contribution is 2.28. The van der Waals surface area contributed by atoms with Crippen molar-refractivity contribution in [2.75, 3.05) is 11.9 Å². The van der Waals surface area contributed by atoms with Crippen molar-refractivity contribution in [1.82, 2.24) is 5.32 Å². The summed E-state index contributed by atoms with van der Waals surface area (Å²) in [7, 11) is 0. The molecule has 5 nitrogen and oxygen atoms in total. The van der Waals surface area contributed by atoms with Crippen LogP contribution in [0.3, 0.4) is 0 Å². The Bertz CT molecular complexity index is 947. The van der Waals surface area contributed by atoms with Gasteiger partial charge in [0.05, 0.1) is 11.3 Å². The van der Waals surface area contributed by atoms with Gasteiger partial charge in [0.25, 0.3) is 5.91 Å². The average Bonchev–Trinajstić information content (AvgIpc) is 2.77. The van der Waals surface area contributed by atoms with Crippen LogP contribution in [0, 0.1) is 17.6 Å². The molecule has 1 saturated carbocycles. The van der Waals surface area contributed by atoms with Gasteiger partial charge in [-0.1, -0.05) is 60.2 Å². The van der Waals surface area contributed by atoms with Crippen LogP contribution in [0.2, 0.25) is 0 Å². The number of carbonyl (C=O) groups excluding carboxylic acids is 1. The number of anilines is 1. The molecule has 0 spiro atoms. The molecule has 8 heteroatoms. The van der Waals surface area contributed by atoms with Crippen molar-refractivity contribution >= 4 is 33.5 Å². The maximum absolute atomic E-state index is 14.6. The molecule has 0 bridgehead atoms. The van der Waals surface area contributed by atoms with Gasteiger partial charge in [-0.25, -0.2) is 13.6 Å². The molecule has 172 valence electrons. The van der Waals surface area contributed by atoms with E-state index in [0.29, 0.717) is 19.4 Å². The van der Waals surface area contributed by atoms with E-state index in [1.807, 2.05) is 24.3 Å². The minimum Gasteiger partial charge on any atom is -0.480 e. The SMILES string of the molecule is O=C(NC(CC1CCCCC1)C(=O)O)c1cc(F)c(NCCc2ccc(Br)cc2)cc1F. The Morgan fingerprint density at radius 2 is 1.75 bits per heavy atom. The summed E-state index contributed by atoms with van der Waals surface area (Å²) in [6.07, 6.45) is 5.96. The third-order valence-electron chi connectivity index (χ3n) is 5.84. The lowest BCUT2D eigenvalue weighted by atomic mass is 9.85. The maximum Gasteiger partial charge on any atom is 0.326 e. The molecular weight excluding hydrogens is 482 g/mol. The van der Waals surface area contributed by atoms with Gasteiger partial charge in [0.1, 0.15) is 17.7 Å². The van der Waals surface area contributed by atoms with E-state index in [4.69, 9.17) is 0 Å². The summed E-state index contributed by atoms with van der Waals surface area (Å²) < 4.78 is 30.0. The minimum absolute atomic E-state index is 0.0480. The molecular formula is C24H27BrF2N2O3. The van der Waals surface area contributed by atoms with E-state index in [1.54, 1.807) is 0 Å². The van der Waals surface area contributed by atoms with Crippen LogP contribution in [-0.4, -0.2) is 29.6 Å². The van der Waals surface area contributed by atoms with Crippen molar-refractivity contribution in [2.24, 2.45) is 5.92 Å². The topological polar surface area (TPSA) is 78.4 Å². The number of halogens is 3. The fourth-order valence-corrected chi connectivity index (χ4v) is 4.33. The van der Waals surface area contributed by atoms with Gasteiger partial charge in [-0.05, 0) is 42.5 Å². The molecule has 0 radical (unpaired) electrons. The number of carboxylic acids is 1. The van der Waals surface area contributed by atoms with Crippen molar-refractivity contribution in [3.63, 3.8) is 0 Å². The van der Waals surface area contributed by atoms with Crippen molar-refractivity contribution in [3.05, 3.63) is 63.6 Å². The number of carboxylic acid groups (broad SMARTS) is 1. The third-order valence-corrected chi connectivity index (χ3v) is 6.37. The number of amides is 1. The largest absolute Gasteiger partial charge is 0.480 e. The average molecular weight is 509 g/mol. The molecule has 3 N–H and O–H groups in total. The fraction of sp³-hybridized carbons (Fsp3) is 0.417. The Kier molecular flexibility index (Phi) is 8.61. The predicted molar refractivity (Wildman–Crippen MR) is 123 cm³/mol. The second-order valence-corrected chi connectivity index (χ2v) is 9.13. The molecule has 2 aromatic rings. The minimum atomic E-state index is -1.17. The predicted octanol–water partition coefficient (Wildman–Crippen LogP) is 5.54. The monoisotopic (exact) mass is 508 g/mol. The van der Waals surface area contributed by atoms with Crippen LogP contribution in [0.1, 0.15) is 54.4 Å². The van der Waals surface area contributed by atoms with E-state index < -0.39 is 35.1 Å². The molecule has 32 heavy (non-hydrogen) atoms. The molecule has 0 saturated heterocycles. The number of hydrogen-bond acceptors (Lipinski definition) is 3. The Morgan fingerprint density at radius 1 is 1.06 bits per heavy atom. The van der Waals surface area contributed by atoms with Gasteiger partial charge >= 0.3 is 5.97 Å². The lowest BCUT2D eigenvalue weighted by Gasteiger charge is -2.25. The first-order valence-electron chi connectivity index (χ1n) is 10.8. The Balaban J connectivity index is 1.61. The van der Waals surface area contributed by atoms with Crippen LogP contribution in [0.4, 0.5) is 14.5 Å². The molecule has 1 fully saturated rings. The van der Waals surface area contributed by atoms with E-state index in [9.17, 15) is 23.5 Å². The van der Waals surface area contributed by atoms with E-state index in [0.717, 1.165) is 54.3 Å². The van der Waals surface area contributed by atoms with Crippen LogP contribution in [0.25, 0.3) is 0 Å². The summed E-state index contributed by atoms with van der Waals surface area (Å²) in [5.41, 5.74) is 0.485. The van der Waals surface area contributed by atoms with Crippen molar-refractivity contribution in [1.29, 1.82) is 0 Å². The molecule has 1 aliphatic carbocycles. The van der Waals surface area contributed by atoms with Crippen molar-refractivity contribution < 1.29 is 23.5 Å².